The molecule has 0 heteroatoms. The van der Waals surface area contributed by atoms with Crippen molar-refractivity contribution in [3.8, 4) is 0 Å². The first-order chi connectivity index (χ1) is 15.7. The van der Waals surface area contributed by atoms with Gasteiger partial charge in [-0.1, -0.05) is 0 Å². The summed E-state index contributed by atoms with van der Waals surface area (Å²) in [6.07, 6.45) is 0. The van der Waals surface area contributed by atoms with Crippen molar-refractivity contribution in [3.05, 3.63) is 97.1 Å². The summed E-state index contributed by atoms with van der Waals surface area (Å²) in [6.45, 7) is 0. The van der Waals surface area contributed by atoms with Crippen LogP contribution in [0.15, 0.2) is 97.1 Å². The van der Waals surface area contributed by atoms with Crippen LogP contribution in [0.3, 0.4) is 0 Å². The fourth-order valence-corrected chi connectivity index (χ4v) is 6.01. The lowest BCUT2D eigenvalue weighted by Crippen LogP contribution is -1.85. The first-order valence-electron chi connectivity index (χ1n) is 11.2. The van der Waals surface area contributed by atoms with E-state index in [2.05, 4.69) is 97.1 Å². The fraction of sp³-hybridized carbons (Fsp3) is 0. The molecule has 0 heterocycles. The topological polar surface area (TPSA) is 0 Å². The van der Waals surface area contributed by atoms with Crippen LogP contribution in [0.2, 0.25) is 0 Å². The first-order valence-corrected chi connectivity index (χ1v) is 11.2. The molecule has 0 saturated carbocycles. The standard InChI is InChI=1S/C32H16/c1-17-2-21-7-25-11-29-15-30-12-26-8-22-3-18(1)20-4-19(17)5-23(21)9-27(25)13-31(29)16-32(30)14-28(26)10-24(22)6-20/h1-16H. The van der Waals surface area contributed by atoms with Gasteiger partial charge in [0, 0.05) is 0 Å². The summed E-state index contributed by atoms with van der Waals surface area (Å²) in [6, 6.07) is 37.8. The summed E-state index contributed by atoms with van der Waals surface area (Å²) < 4.78 is 0. The molecule has 0 saturated heterocycles. The molecule has 144 valence electrons. The maximum Gasteiger partial charge on any atom is -0.0171 e. The molecule has 0 bridgehead atoms. The van der Waals surface area contributed by atoms with Crippen LogP contribution in [0.5, 0.6) is 0 Å². The molecule has 32 heavy (non-hydrogen) atoms. The van der Waals surface area contributed by atoms with E-state index in [9.17, 15) is 0 Å². The zero-order chi connectivity index (χ0) is 20.6. The Bertz CT molecular complexity index is 1460. The van der Waals surface area contributed by atoms with Gasteiger partial charge in [0.05, 0.1) is 0 Å². The predicted octanol–water partition coefficient (Wildman–Crippen LogP) is 9.23. The fourth-order valence-electron chi connectivity index (χ4n) is 6.01. The second-order valence-corrected chi connectivity index (χ2v) is 9.59. The minimum atomic E-state index is 1.31. The number of hydrogen-bond acceptors (Lipinski definition) is 0. The molecule has 0 atom stereocenters. The van der Waals surface area contributed by atoms with E-state index in [1.165, 1.54) is 86.2 Å². The molecule has 8 aromatic rings. The molecule has 0 aliphatic rings. The van der Waals surface area contributed by atoms with Gasteiger partial charge in [0.2, 0.25) is 0 Å². The number of hydrogen-bond donors (Lipinski definition) is 0. The molecule has 0 aromatic heterocycles. The van der Waals surface area contributed by atoms with E-state index < -0.39 is 0 Å². The highest BCUT2D eigenvalue weighted by atomic mass is 14.1. The highest BCUT2D eigenvalue weighted by molar-refractivity contribution is 6.15. The molecule has 0 aliphatic carbocycles. The summed E-state index contributed by atoms with van der Waals surface area (Å²) in [7, 11) is 0. The summed E-state index contributed by atoms with van der Waals surface area (Å²) in [5.41, 5.74) is 0. The highest BCUT2D eigenvalue weighted by Gasteiger charge is 2.09. The van der Waals surface area contributed by atoms with E-state index in [1.807, 2.05) is 0 Å². The largest absolute Gasteiger partial charge is 0.0465 e. The summed E-state index contributed by atoms with van der Waals surface area (Å²) in [4.78, 5) is 0. The lowest BCUT2D eigenvalue weighted by Gasteiger charge is -2.12. The van der Waals surface area contributed by atoms with E-state index in [0.717, 1.165) is 0 Å². The summed E-state index contributed by atoms with van der Waals surface area (Å²) in [5, 5.41) is 20.9. The number of fused-ring (bicyclic) bond motifs is 8. The third kappa shape index (κ3) is 1.89. The van der Waals surface area contributed by atoms with Crippen LogP contribution >= 0.6 is 0 Å². The van der Waals surface area contributed by atoms with Gasteiger partial charge in [-0.05, 0) is 183 Å². The Balaban J connectivity index is 1.66. The number of benzene rings is 8. The summed E-state index contributed by atoms with van der Waals surface area (Å²) in [5.74, 6) is 0. The van der Waals surface area contributed by atoms with Crippen molar-refractivity contribution in [1.82, 2.24) is 0 Å². The van der Waals surface area contributed by atoms with Crippen molar-refractivity contribution < 1.29 is 0 Å². The van der Waals surface area contributed by atoms with Crippen molar-refractivity contribution in [1.29, 1.82) is 0 Å². The van der Waals surface area contributed by atoms with Gasteiger partial charge >= 0.3 is 0 Å². The van der Waals surface area contributed by atoms with Crippen LogP contribution in [-0.2, 0) is 0 Å². The molecule has 0 aliphatic heterocycles. The SMILES string of the molecule is c1c2cc3cc4cc5cc6cc7cc8cc1c1cc2cc3cc4cc5cc6cc7cc8c1. The number of rotatable bonds is 0. The Labute approximate surface area is 183 Å². The van der Waals surface area contributed by atoms with E-state index in [1.54, 1.807) is 0 Å². The third-order valence-electron chi connectivity index (χ3n) is 7.64. The molecule has 8 aromatic carbocycles. The molecule has 0 N–H and O–H groups in total. The van der Waals surface area contributed by atoms with E-state index >= 15 is 0 Å². The van der Waals surface area contributed by atoms with Gasteiger partial charge < -0.3 is 0 Å². The van der Waals surface area contributed by atoms with Gasteiger partial charge in [0.1, 0.15) is 0 Å². The lowest BCUT2D eigenvalue weighted by atomic mass is 9.92. The second-order valence-electron chi connectivity index (χ2n) is 9.59. The van der Waals surface area contributed by atoms with Gasteiger partial charge in [0.15, 0.2) is 0 Å². The molecular weight excluding hydrogens is 384 g/mol. The van der Waals surface area contributed by atoms with Crippen molar-refractivity contribution in [2.75, 3.05) is 0 Å². The summed E-state index contributed by atoms with van der Waals surface area (Å²) >= 11 is 0. The minimum Gasteiger partial charge on any atom is -0.0465 e. The van der Waals surface area contributed by atoms with Crippen LogP contribution in [-0.4, -0.2) is 0 Å². The van der Waals surface area contributed by atoms with E-state index in [-0.39, 0.29) is 0 Å². The highest BCUT2D eigenvalue weighted by Crippen LogP contribution is 2.36. The Morgan fingerprint density at radius 1 is 0.125 bits per heavy atom. The smallest absolute Gasteiger partial charge is 0.0171 e. The zero-order valence-electron chi connectivity index (χ0n) is 17.2. The van der Waals surface area contributed by atoms with E-state index in [4.69, 9.17) is 0 Å². The van der Waals surface area contributed by atoms with Crippen molar-refractivity contribution in [2.24, 2.45) is 0 Å². The van der Waals surface area contributed by atoms with Crippen LogP contribution in [0.1, 0.15) is 0 Å². The Morgan fingerprint density at radius 3 is 0.250 bits per heavy atom. The van der Waals surface area contributed by atoms with Gasteiger partial charge in [-0.25, -0.2) is 0 Å². The van der Waals surface area contributed by atoms with Crippen LogP contribution in [0, 0.1) is 0 Å². The first kappa shape index (κ1) is 15.6. The molecule has 0 spiro atoms. The quantitative estimate of drug-likeness (QED) is 0.223. The van der Waals surface area contributed by atoms with E-state index in [0.29, 0.717) is 0 Å². The van der Waals surface area contributed by atoms with Gasteiger partial charge in [0.25, 0.3) is 0 Å². The van der Waals surface area contributed by atoms with Crippen LogP contribution in [0.4, 0.5) is 0 Å². The molecule has 0 fully saturated rings. The molecule has 0 nitrogen and oxygen atoms in total. The Kier molecular flexibility index (Phi) is 2.44. The van der Waals surface area contributed by atoms with Gasteiger partial charge in [-0.2, -0.15) is 0 Å². The maximum absolute atomic E-state index is 2.36. The van der Waals surface area contributed by atoms with Crippen LogP contribution < -0.4 is 0 Å². The average Bonchev–Trinajstić information content (AvgIpc) is 2.78. The third-order valence-corrected chi connectivity index (χ3v) is 7.64. The average molecular weight is 400 g/mol. The molecule has 0 radical (unpaired) electrons. The maximum atomic E-state index is 2.36. The molecule has 0 unspecified atom stereocenters. The van der Waals surface area contributed by atoms with Crippen molar-refractivity contribution in [3.63, 3.8) is 0 Å². The van der Waals surface area contributed by atoms with Crippen molar-refractivity contribution >= 4 is 86.2 Å². The lowest BCUT2D eigenvalue weighted by molar-refractivity contribution is 1.81. The molecule has 8 rings (SSSR count). The normalized spacial score (nSPS) is 13.0. The monoisotopic (exact) mass is 400 g/mol. The van der Waals surface area contributed by atoms with Crippen LogP contribution in [0.25, 0.3) is 86.2 Å². The molecular formula is C32H16. The second kappa shape index (κ2) is 5.00. The Hall–Kier alpha value is -4.16. The van der Waals surface area contributed by atoms with Crippen molar-refractivity contribution in [2.45, 2.75) is 0 Å². The zero-order valence-corrected chi connectivity index (χ0v) is 17.2. The Morgan fingerprint density at radius 2 is 0.188 bits per heavy atom. The van der Waals surface area contributed by atoms with Gasteiger partial charge in [-0.15, -0.1) is 0 Å². The molecule has 0 amide bonds. The minimum absolute atomic E-state index is 1.31. The predicted molar refractivity (Wildman–Crippen MR) is 140 cm³/mol. The van der Waals surface area contributed by atoms with Gasteiger partial charge in [-0.3, -0.25) is 0 Å².